The number of aryl methyl sites for hydroxylation is 1. The molecule has 0 aliphatic carbocycles. The number of carbonyl (C=O) groups excluding carboxylic acids is 1. The first-order valence-corrected chi connectivity index (χ1v) is 11.2. The number of fused-ring (bicyclic) bond motifs is 1. The normalized spacial score (nSPS) is 10.7. The highest BCUT2D eigenvalue weighted by atomic mass is 16.5. The number of para-hydroxylation sites is 2. The van der Waals surface area contributed by atoms with Crippen molar-refractivity contribution >= 4 is 22.9 Å². The molecule has 0 aliphatic heterocycles. The second-order valence-corrected chi connectivity index (χ2v) is 7.67. The van der Waals surface area contributed by atoms with E-state index >= 15 is 0 Å². The highest BCUT2D eigenvalue weighted by molar-refractivity contribution is 6.04. The average molecular weight is 455 g/mol. The third-order valence-corrected chi connectivity index (χ3v) is 5.38. The Morgan fingerprint density at radius 3 is 2.76 bits per heavy atom. The van der Waals surface area contributed by atoms with Crippen molar-refractivity contribution in [3.8, 4) is 11.8 Å². The van der Waals surface area contributed by atoms with Gasteiger partial charge in [0.15, 0.2) is 0 Å². The fraction of sp³-hybridized carbons (Fsp3) is 0.222. The zero-order chi connectivity index (χ0) is 23.8. The first-order chi connectivity index (χ1) is 16.7. The minimum atomic E-state index is -0.274. The Morgan fingerprint density at radius 1 is 1.09 bits per heavy atom. The summed E-state index contributed by atoms with van der Waals surface area (Å²) in [5.41, 5.74) is 3.60. The molecule has 0 bridgehead atoms. The quantitative estimate of drug-likeness (QED) is 0.334. The van der Waals surface area contributed by atoms with Gasteiger partial charge >= 0.3 is 0 Å². The molecule has 0 spiro atoms. The molecule has 4 rings (SSSR count). The summed E-state index contributed by atoms with van der Waals surface area (Å²) in [7, 11) is 0. The third kappa shape index (κ3) is 5.42. The fourth-order valence-corrected chi connectivity index (χ4v) is 3.68. The van der Waals surface area contributed by atoms with Crippen LogP contribution in [0.3, 0.4) is 0 Å². The lowest BCUT2D eigenvalue weighted by Gasteiger charge is -2.11. The number of nitriles is 1. The molecular weight excluding hydrogens is 428 g/mol. The van der Waals surface area contributed by atoms with E-state index in [4.69, 9.17) is 9.47 Å². The number of anilines is 1. The molecular formula is C27H26N4O3. The lowest BCUT2D eigenvalue weighted by atomic mass is 10.1. The van der Waals surface area contributed by atoms with Crippen LogP contribution in [0.4, 0.5) is 5.95 Å². The number of ether oxygens (including phenoxy) is 2. The van der Waals surface area contributed by atoms with Gasteiger partial charge in [0, 0.05) is 30.9 Å². The van der Waals surface area contributed by atoms with Crippen LogP contribution in [0.1, 0.15) is 34.8 Å². The molecule has 1 heterocycles. The van der Waals surface area contributed by atoms with Crippen LogP contribution < -0.4 is 10.1 Å². The summed E-state index contributed by atoms with van der Waals surface area (Å²) in [6.07, 6.45) is 0.810. The van der Waals surface area contributed by atoms with Crippen molar-refractivity contribution in [3.63, 3.8) is 0 Å². The molecule has 1 N–H and O–H groups in total. The molecule has 34 heavy (non-hydrogen) atoms. The molecule has 7 nitrogen and oxygen atoms in total. The van der Waals surface area contributed by atoms with Gasteiger partial charge in [-0.05, 0) is 49.7 Å². The average Bonchev–Trinajstić information content (AvgIpc) is 3.22. The van der Waals surface area contributed by atoms with Crippen LogP contribution >= 0.6 is 0 Å². The molecule has 7 heteroatoms. The van der Waals surface area contributed by atoms with Crippen LogP contribution in [0.2, 0.25) is 0 Å². The monoisotopic (exact) mass is 454 g/mol. The number of amides is 1. The summed E-state index contributed by atoms with van der Waals surface area (Å²) < 4.78 is 13.3. The Labute approximate surface area is 198 Å². The van der Waals surface area contributed by atoms with E-state index in [0.717, 1.165) is 23.0 Å². The molecule has 0 saturated carbocycles. The smallest absolute Gasteiger partial charge is 0.258 e. The number of nitrogens with zero attached hydrogens (tertiary/aromatic N) is 3. The van der Waals surface area contributed by atoms with Crippen molar-refractivity contribution in [2.24, 2.45) is 0 Å². The highest BCUT2D eigenvalue weighted by Gasteiger charge is 2.15. The molecule has 0 fully saturated rings. The van der Waals surface area contributed by atoms with Crippen LogP contribution in [0.25, 0.3) is 11.0 Å². The van der Waals surface area contributed by atoms with Crippen molar-refractivity contribution in [3.05, 3.63) is 89.5 Å². The summed E-state index contributed by atoms with van der Waals surface area (Å²) in [5, 5.41) is 12.2. The summed E-state index contributed by atoms with van der Waals surface area (Å²) in [5.74, 6) is 0.770. The zero-order valence-electron chi connectivity index (χ0n) is 19.0. The van der Waals surface area contributed by atoms with Gasteiger partial charge in [-0.15, -0.1) is 0 Å². The maximum Gasteiger partial charge on any atom is 0.258 e. The molecule has 172 valence electrons. The third-order valence-electron chi connectivity index (χ3n) is 5.38. The zero-order valence-corrected chi connectivity index (χ0v) is 19.0. The highest BCUT2D eigenvalue weighted by Crippen LogP contribution is 2.22. The van der Waals surface area contributed by atoms with Gasteiger partial charge in [0.25, 0.3) is 5.91 Å². The molecule has 0 saturated heterocycles. The number of imidazole rings is 1. The molecule has 0 aliphatic rings. The van der Waals surface area contributed by atoms with E-state index in [0.29, 0.717) is 42.6 Å². The summed E-state index contributed by atoms with van der Waals surface area (Å²) in [6.45, 7) is 4.21. The lowest BCUT2D eigenvalue weighted by Crippen LogP contribution is -2.16. The van der Waals surface area contributed by atoms with Crippen LogP contribution in [0, 0.1) is 11.3 Å². The molecule has 4 aromatic rings. The van der Waals surface area contributed by atoms with Crippen LogP contribution in [-0.4, -0.2) is 28.7 Å². The standard InChI is InChI=1S/C27H26N4O3/c1-2-33-16-8-15-31-25-14-6-5-13-24(25)29-27(31)30-26(32)20-11-7-12-23(17-20)34-19-22-10-4-3-9-21(22)18-28/h3-7,9-14,17H,2,8,15-16,19H2,1H3,(H,29,30,32). The van der Waals surface area contributed by atoms with Gasteiger partial charge in [-0.25, -0.2) is 4.98 Å². The van der Waals surface area contributed by atoms with Gasteiger partial charge in [-0.2, -0.15) is 5.26 Å². The number of rotatable bonds is 10. The van der Waals surface area contributed by atoms with E-state index in [1.54, 1.807) is 30.3 Å². The van der Waals surface area contributed by atoms with E-state index in [1.807, 2.05) is 54.0 Å². The van der Waals surface area contributed by atoms with Gasteiger partial charge < -0.3 is 14.0 Å². The van der Waals surface area contributed by atoms with E-state index < -0.39 is 0 Å². The number of carbonyl (C=O) groups is 1. The van der Waals surface area contributed by atoms with Crippen molar-refractivity contribution in [2.75, 3.05) is 18.5 Å². The van der Waals surface area contributed by atoms with Gasteiger partial charge in [0.2, 0.25) is 5.95 Å². The van der Waals surface area contributed by atoms with Gasteiger partial charge in [0.05, 0.1) is 22.7 Å². The summed E-state index contributed by atoms with van der Waals surface area (Å²) >= 11 is 0. The molecule has 3 aromatic carbocycles. The largest absolute Gasteiger partial charge is 0.489 e. The van der Waals surface area contributed by atoms with E-state index in [2.05, 4.69) is 16.4 Å². The van der Waals surface area contributed by atoms with Gasteiger partial charge in [0.1, 0.15) is 12.4 Å². The Balaban J connectivity index is 1.49. The van der Waals surface area contributed by atoms with Gasteiger partial charge in [-0.3, -0.25) is 10.1 Å². The SMILES string of the molecule is CCOCCCn1c(NC(=O)c2cccc(OCc3ccccc3C#N)c2)nc2ccccc21. The van der Waals surface area contributed by atoms with E-state index in [9.17, 15) is 10.1 Å². The number of nitrogens with one attached hydrogen (secondary N) is 1. The Hall–Kier alpha value is -4.15. The van der Waals surface area contributed by atoms with Crippen LogP contribution in [0.15, 0.2) is 72.8 Å². The summed E-state index contributed by atoms with van der Waals surface area (Å²) in [4.78, 5) is 17.7. The predicted octanol–water partition coefficient (Wildman–Crippen LogP) is 5.17. The number of hydrogen-bond acceptors (Lipinski definition) is 5. The molecule has 0 radical (unpaired) electrons. The summed E-state index contributed by atoms with van der Waals surface area (Å²) in [6, 6.07) is 24.2. The second kappa shape index (κ2) is 11.1. The molecule has 1 aromatic heterocycles. The Morgan fingerprint density at radius 2 is 1.91 bits per heavy atom. The Bertz CT molecular complexity index is 1320. The first-order valence-electron chi connectivity index (χ1n) is 11.2. The topological polar surface area (TPSA) is 89.2 Å². The minimum Gasteiger partial charge on any atom is -0.489 e. The maximum atomic E-state index is 13.1. The minimum absolute atomic E-state index is 0.241. The molecule has 0 atom stereocenters. The number of hydrogen-bond donors (Lipinski definition) is 1. The van der Waals surface area contributed by atoms with Crippen LogP contribution in [-0.2, 0) is 17.9 Å². The molecule has 0 unspecified atom stereocenters. The molecule has 1 amide bonds. The van der Waals surface area contributed by atoms with Crippen molar-refractivity contribution in [1.82, 2.24) is 9.55 Å². The van der Waals surface area contributed by atoms with Crippen LogP contribution in [0.5, 0.6) is 5.75 Å². The lowest BCUT2D eigenvalue weighted by molar-refractivity contribution is 0.102. The second-order valence-electron chi connectivity index (χ2n) is 7.67. The van der Waals surface area contributed by atoms with Crippen molar-refractivity contribution < 1.29 is 14.3 Å². The van der Waals surface area contributed by atoms with Crippen molar-refractivity contribution in [2.45, 2.75) is 26.5 Å². The van der Waals surface area contributed by atoms with E-state index in [-0.39, 0.29) is 12.5 Å². The van der Waals surface area contributed by atoms with Crippen molar-refractivity contribution in [1.29, 1.82) is 5.26 Å². The Kier molecular flexibility index (Phi) is 7.53. The van der Waals surface area contributed by atoms with E-state index in [1.165, 1.54) is 0 Å². The fourth-order valence-electron chi connectivity index (χ4n) is 3.68. The number of aromatic nitrogens is 2. The maximum absolute atomic E-state index is 13.1. The first kappa shape index (κ1) is 23.0. The predicted molar refractivity (Wildman–Crippen MR) is 131 cm³/mol. The van der Waals surface area contributed by atoms with Gasteiger partial charge in [-0.1, -0.05) is 36.4 Å². The number of benzene rings is 3.